The Kier molecular flexibility index (Phi) is 5.31. The molecule has 2 aliphatic rings. The Hall–Kier alpha value is -2.47. The van der Waals surface area contributed by atoms with Crippen LogP contribution in [-0.2, 0) is 9.59 Å². The first kappa shape index (κ1) is 18.9. The number of anilines is 2. The van der Waals surface area contributed by atoms with Crippen molar-refractivity contribution in [3.8, 4) is 0 Å². The summed E-state index contributed by atoms with van der Waals surface area (Å²) in [6.45, 7) is 1.28. The van der Waals surface area contributed by atoms with Gasteiger partial charge in [0.1, 0.15) is 6.04 Å². The normalized spacial score (nSPS) is 17.9. The van der Waals surface area contributed by atoms with Crippen LogP contribution in [0, 0.1) is 0 Å². The number of hydrogen-bond donors (Lipinski definition) is 0. The molecule has 0 saturated carbocycles. The van der Waals surface area contributed by atoms with Crippen LogP contribution in [0.3, 0.4) is 0 Å². The number of likely N-dealkylation sites (N-methyl/N-ethyl adjacent to an activating group) is 1. The van der Waals surface area contributed by atoms with Gasteiger partial charge in [-0.05, 0) is 37.1 Å². The van der Waals surface area contributed by atoms with E-state index in [0.717, 1.165) is 24.2 Å². The number of amides is 2. The number of likely N-dealkylation sites (tertiary alicyclic amines) is 1. The third-order valence-electron chi connectivity index (χ3n) is 5.38. The molecule has 1 unspecified atom stereocenters. The lowest BCUT2D eigenvalue weighted by Crippen LogP contribution is -2.46. The predicted molar refractivity (Wildman–Crippen MR) is 112 cm³/mol. The molecule has 1 saturated heterocycles. The Morgan fingerprint density at radius 1 is 1.04 bits per heavy atom. The van der Waals surface area contributed by atoms with Gasteiger partial charge in [-0.2, -0.15) is 0 Å². The van der Waals surface area contributed by atoms with Crippen molar-refractivity contribution in [3.05, 3.63) is 48.5 Å². The van der Waals surface area contributed by atoms with Crippen LogP contribution in [0.4, 0.5) is 11.4 Å². The molecule has 146 valence electrons. The van der Waals surface area contributed by atoms with Gasteiger partial charge in [-0.1, -0.05) is 36.0 Å². The van der Waals surface area contributed by atoms with Crippen molar-refractivity contribution in [2.75, 3.05) is 32.1 Å². The van der Waals surface area contributed by atoms with Crippen molar-refractivity contribution in [1.82, 2.24) is 9.80 Å². The molecule has 6 heteroatoms. The highest BCUT2D eigenvalue weighted by Gasteiger charge is 2.35. The molecular weight excluding hydrogens is 370 g/mol. The third-order valence-corrected chi connectivity index (χ3v) is 6.51. The predicted octanol–water partition coefficient (Wildman–Crippen LogP) is 3.76. The Bertz CT molecular complexity index is 853. The topological polar surface area (TPSA) is 43.9 Å². The lowest BCUT2D eigenvalue weighted by atomic mass is 10.1. The maximum atomic E-state index is 13.0. The van der Waals surface area contributed by atoms with Crippen molar-refractivity contribution in [1.29, 1.82) is 0 Å². The second-order valence-electron chi connectivity index (χ2n) is 7.42. The molecule has 2 aromatic rings. The van der Waals surface area contributed by atoms with Crippen LogP contribution >= 0.6 is 11.8 Å². The summed E-state index contributed by atoms with van der Waals surface area (Å²) in [4.78, 5) is 33.4. The zero-order valence-corrected chi connectivity index (χ0v) is 17.1. The fourth-order valence-corrected chi connectivity index (χ4v) is 5.09. The van der Waals surface area contributed by atoms with Crippen LogP contribution in [-0.4, -0.2) is 54.8 Å². The molecule has 0 aromatic heterocycles. The van der Waals surface area contributed by atoms with E-state index in [0.29, 0.717) is 19.5 Å². The van der Waals surface area contributed by atoms with E-state index >= 15 is 0 Å². The van der Waals surface area contributed by atoms with E-state index < -0.39 is 0 Å². The lowest BCUT2D eigenvalue weighted by Gasteiger charge is -2.33. The minimum absolute atomic E-state index is 0.0240. The Morgan fingerprint density at radius 2 is 1.64 bits per heavy atom. The van der Waals surface area contributed by atoms with Gasteiger partial charge in [0.25, 0.3) is 0 Å². The maximum Gasteiger partial charge on any atom is 0.244 e. The van der Waals surface area contributed by atoms with Crippen LogP contribution < -0.4 is 4.90 Å². The van der Waals surface area contributed by atoms with E-state index in [-0.39, 0.29) is 17.9 Å². The molecule has 0 radical (unpaired) electrons. The molecule has 2 heterocycles. The van der Waals surface area contributed by atoms with Gasteiger partial charge in [-0.15, -0.1) is 0 Å². The highest BCUT2D eigenvalue weighted by molar-refractivity contribution is 7.99. The quantitative estimate of drug-likeness (QED) is 0.791. The smallest absolute Gasteiger partial charge is 0.244 e. The number of rotatable bonds is 4. The standard InChI is InChI=1S/C22H25N3O2S/c1-23(2)22(27)18-10-7-14-25(18)21(26)13-15-24-16-8-3-5-11-19(16)28-20-12-6-4-9-17(20)24/h3-6,8-9,11-12,18H,7,10,13-15H2,1-2H3. The Balaban J connectivity index is 1.52. The minimum atomic E-state index is -0.306. The molecule has 1 fully saturated rings. The van der Waals surface area contributed by atoms with Crippen LogP contribution in [0.1, 0.15) is 19.3 Å². The van der Waals surface area contributed by atoms with Gasteiger partial charge in [0, 0.05) is 43.4 Å². The van der Waals surface area contributed by atoms with E-state index in [4.69, 9.17) is 0 Å². The number of para-hydroxylation sites is 2. The van der Waals surface area contributed by atoms with Gasteiger partial charge in [0.2, 0.25) is 11.8 Å². The molecule has 5 nitrogen and oxygen atoms in total. The average Bonchev–Trinajstić information content (AvgIpc) is 3.20. The summed E-state index contributed by atoms with van der Waals surface area (Å²) in [6, 6.07) is 16.3. The molecule has 0 spiro atoms. The van der Waals surface area contributed by atoms with Crippen molar-refractivity contribution in [3.63, 3.8) is 0 Å². The molecule has 0 aliphatic carbocycles. The van der Waals surface area contributed by atoms with E-state index in [2.05, 4.69) is 29.2 Å². The fourth-order valence-electron chi connectivity index (χ4n) is 3.99. The average molecular weight is 396 g/mol. The molecule has 2 aromatic carbocycles. The van der Waals surface area contributed by atoms with Crippen molar-refractivity contribution in [2.45, 2.75) is 35.1 Å². The first-order valence-corrected chi connectivity index (χ1v) is 10.5. The van der Waals surface area contributed by atoms with Gasteiger partial charge in [0.05, 0.1) is 11.4 Å². The van der Waals surface area contributed by atoms with Crippen LogP contribution in [0.15, 0.2) is 58.3 Å². The summed E-state index contributed by atoms with van der Waals surface area (Å²) < 4.78 is 0. The summed E-state index contributed by atoms with van der Waals surface area (Å²) >= 11 is 1.77. The monoisotopic (exact) mass is 395 g/mol. The number of benzene rings is 2. The van der Waals surface area contributed by atoms with Gasteiger partial charge in [-0.3, -0.25) is 9.59 Å². The summed E-state index contributed by atoms with van der Waals surface area (Å²) in [6.07, 6.45) is 2.04. The molecule has 2 amide bonds. The van der Waals surface area contributed by atoms with Gasteiger partial charge in [-0.25, -0.2) is 0 Å². The summed E-state index contributed by atoms with van der Waals surface area (Å²) in [5, 5.41) is 0. The Labute approximate surface area is 170 Å². The lowest BCUT2D eigenvalue weighted by molar-refractivity contribution is -0.142. The van der Waals surface area contributed by atoms with Crippen molar-refractivity contribution < 1.29 is 9.59 Å². The molecular formula is C22H25N3O2S. The first-order valence-electron chi connectivity index (χ1n) is 9.70. The fraction of sp³-hybridized carbons (Fsp3) is 0.364. The van der Waals surface area contributed by atoms with Gasteiger partial charge < -0.3 is 14.7 Å². The number of carbonyl (C=O) groups is 2. The molecule has 2 aliphatic heterocycles. The van der Waals surface area contributed by atoms with E-state index in [1.54, 1.807) is 35.7 Å². The van der Waals surface area contributed by atoms with Gasteiger partial charge in [0.15, 0.2) is 0 Å². The highest BCUT2D eigenvalue weighted by Crippen LogP contribution is 2.47. The van der Waals surface area contributed by atoms with Gasteiger partial charge >= 0.3 is 0 Å². The van der Waals surface area contributed by atoms with Crippen LogP contribution in [0.25, 0.3) is 0 Å². The van der Waals surface area contributed by atoms with E-state index in [1.165, 1.54) is 9.79 Å². The van der Waals surface area contributed by atoms with Crippen molar-refractivity contribution in [2.24, 2.45) is 0 Å². The minimum Gasteiger partial charge on any atom is -0.347 e. The van der Waals surface area contributed by atoms with Crippen LogP contribution in [0.2, 0.25) is 0 Å². The molecule has 0 bridgehead atoms. The number of carbonyl (C=O) groups excluding carboxylic acids is 2. The zero-order chi connectivity index (χ0) is 19.7. The summed E-state index contributed by atoms with van der Waals surface area (Å²) in [5.74, 6) is 0.0850. The molecule has 28 heavy (non-hydrogen) atoms. The summed E-state index contributed by atoms with van der Waals surface area (Å²) in [5.41, 5.74) is 2.28. The second-order valence-corrected chi connectivity index (χ2v) is 8.50. The molecule has 0 N–H and O–H groups in total. The van der Waals surface area contributed by atoms with Crippen molar-refractivity contribution >= 4 is 35.0 Å². The Morgan fingerprint density at radius 3 is 2.25 bits per heavy atom. The second kappa shape index (κ2) is 7.87. The molecule has 1 atom stereocenters. The highest BCUT2D eigenvalue weighted by atomic mass is 32.2. The van der Waals surface area contributed by atoms with Crippen LogP contribution in [0.5, 0.6) is 0 Å². The number of nitrogens with zero attached hydrogens (tertiary/aromatic N) is 3. The molecule has 4 rings (SSSR count). The maximum absolute atomic E-state index is 13.0. The van der Waals surface area contributed by atoms with E-state index in [1.807, 2.05) is 24.3 Å². The largest absolute Gasteiger partial charge is 0.347 e. The number of fused-ring (bicyclic) bond motifs is 2. The summed E-state index contributed by atoms with van der Waals surface area (Å²) in [7, 11) is 3.51. The zero-order valence-electron chi connectivity index (χ0n) is 16.3. The first-order chi connectivity index (χ1) is 13.6. The third kappa shape index (κ3) is 3.49. The number of hydrogen-bond acceptors (Lipinski definition) is 4. The van der Waals surface area contributed by atoms with E-state index in [9.17, 15) is 9.59 Å². The SMILES string of the molecule is CN(C)C(=O)C1CCCN1C(=O)CCN1c2ccccc2Sc2ccccc21.